The molecule has 2 aliphatic rings. The second-order valence-corrected chi connectivity index (χ2v) is 10.9. The Morgan fingerprint density at radius 1 is 0.968 bits per heavy atom. The summed E-state index contributed by atoms with van der Waals surface area (Å²) in [6.45, 7) is 3.81. The summed E-state index contributed by atoms with van der Waals surface area (Å²) in [5.41, 5.74) is 1.65. The zero-order valence-corrected chi connectivity index (χ0v) is 19.0. The first kappa shape index (κ1) is 22.1. The van der Waals surface area contributed by atoms with Gasteiger partial charge in [-0.05, 0) is 93.3 Å². The molecule has 1 saturated carbocycles. The van der Waals surface area contributed by atoms with E-state index in [1.54, 1.807) is 0 Å². The van der Waals surface area contributed by atoms with E-state index >= 15 is 0 Å². The lowest BCUT2D eigenvalue weighted by Crippen LogP contribution is -2.32. The molecule has 1 aliphatic carbocycles. The van der Waals surface area contributed by atoms with E-state index in [4.69, 9.17) is 9.47 Å². The SMILES string of the molecule is Cc1cc([S+]2CCCC2)cc(C)c1OCC(=O)OC1(c2ccc(F)c(F)c2)CCCC1. The highest BCUT2D eigenvalue weighted by atomic mass is 32.2. The normalized spacial score (nSPS) is 18.3. The van der Waals surface area contributed by atoms with Crippen LogP contribution in [0.25, 0.3) is 0 Å². The van der Waals surface area contributed by atoms with Crippen LogP contribution in [0.5, 0.6) is 5.75 Å². The van der Waals surface area contributed by atoms with Crippen LogP contribution in [0.1, 0.15) is 55.2 Å². The molecule has 31 heavy (non-hydrogen) atoms. The predicted octanol–water partition coefficient (Wildman–Crippen LogP) is 5.74. The zero-order valence-electron chi connectivity index (χ0n) is 18.1. The van der Waals surface area contributed by atoms with Crippen LogP contribution < -0.4 is 4.74 Å². The maximum Gasteiger partial charge on any atom is 0.345 e. The van der Waals surface area contributed by atoms with Crippen LogP contribution in [0.4, 0.5) is 8.78 Å². The number of ether oxygens (including phenoxy) is 2. The van der Waals surface area contributed by atoms with E-state index in [2.05, 4.69) is 12.1 Å². The first-order chi connectivity index (χ1) is 14.9. The summed E-state index contributed by atoms with van der Waals surface area (Å²) in [6.07, 6.45) is 5.53. The van der Waals surface area contributed by atoms with Crippen LogP contribution in [-0.2, 0) is 26.0 Å². The van der Waals surface area contributed by atoms with Gasteiger partial charge in [-0.3, -0.25) is 0 Å². The van der Waals surface area contributed by atoms with Crippen molar-refractivity contribution < 1.29 is 23.0 Å². The average Bonchev–Trinajstić information content (AvgIpc) is 3.42. The fraction of sp³-hybridized carbons (Fsp3) is 0.480. The molecule has 4 rings (SSSR count). The Kier molecular flexibility index (Phi) is 6.56. The van der Waals surface area contributed by atoms with E-state index < -0.39 is 23.2 Å². The lowest BCUT2D eigenvalue weighted by atomic mass is 9.91. The molecular formula is C25H29F2O3S+. The quantitative estimate of drug-likeness (QED) is 0.418. The fourth-order valence-electron chi connectivity index (χ4n) is 4.75. The largest absolute Gasteiger partial charge is 0.481 e. The van der Waals surface area contributed by atoms with Crippen molar-refractivity contribution in [1.29, 1.82) is 0 Å². The van der Waals surface area contributed by atoms with Crippen molar-refractivity contribution in [1.82, 2.24) is 0 Å². The van der Waals surface area contributed by atoms with Gasteiger partial charge in [0.05, 0.1) is 0 Å². The van der Waals surface area contributed by atoms with E-state index in [9.17, 15) is 13.6 Å². The van der Waals surface area contributed by atoms with Gasteiger partial charge in [0, 0.05) is 10.9 Å². The molecule has 1 heterocycles. The topological polar surface area (TPSA) is 35.5 Å². The standard InChI is InChI=1S/C25H29F2O3S/c1-17-13-20(31-11-5-6-12-31)14-18(2)24(17)29-16-23(28)30-25(9-3-4-10-25)19-7-8-21(26)22(27)15-19/h7-8,13-15H,3-6,9-12,16H2,1-2H3/q+1. The Labute approximate surface area is 185 Å². The van der Waals surface area contributed by atoms with Crippen LogP contribution in [0.15, 0.2) is 35.2 Å². The second kappa shape index (κ2) is 9.19. The van der Waals surface area contributed by atoms with E-state index in [1.165, 1.54) is 35.3 Å². The summed E-state index contributed by atoms with van der Waals surface area (Å²) < 4.78 is 38.9. The Morgan fingerprint density at radius 2 is 1.61 bits per heavy atom. The van der Waals surface area contributed by atoms with Crippen molar-refractivity contribution in [3.63, 3.8) is 0 Å². The van der Waals surface area contributed by atoms with Crippen LogP contribution in [0.2, 0.25) is 0 Å². The zero-order chi connectivity index (χ0) is 22.0. The Bertz CT molecular complexity index is 940. The molecule has 0 bridgehead atoms. The highest BCUT2D eigenvalue weighted by molar-refractivity contribution is 7.97. The molecule has 0 unspecified atom stereocenters. The predicted molar refractivity (Wildman–Crippen MR) is 119 cm³/mol. The third kappa shape index (κ3) is 4.74. The summed E-state index contributed by atoms with van der Waals surface area (Å²) in [4.78, 5) is 14.1. The molecule has 1 saturated heterocycles. The minimum Gasteiger partial charge on any atom is -0.481 e. The number of hydrogen-bond donors (Lipinski definition) is 0. The lowest BCUT2D eigenvalue weighted by molar-refractivity contribution is -0.163. The molecule has 1 aliphatic heterocycles. The number of aryl methyl sites for hydroxylation is 2. The van der Waals surface area contributed by atoms with Gasteiger partial charge in [0.15, 0.2) is 23.1 Å². The Balaban J connectivity index is 1.45. The first-order valence-corrected chi connectivity index (χ1v) is 12.5. The first-order valence-electron chi connectivity index (χ1n) is 11.0. The number of halogens is 2. The number of hydrogen-bond acceptors (Lipinski definition) is 3. The van der Waals surface area contributed by atoms with Gasteiger partial charge < -0.3 is 9.47 Å². The smallest absolute Gasteiger partial charge is 0.345 e. The van der Waals surface area contributed by atoms with Crippen LogP contribution in [0.3, 0.4) is 0 Å². The van der Waals surface area contributed by atoms with Crippen molar-refractivity contribution in [3.8, 4) is 5.75 Å². The number of benzene rings is 2. The monoisotopic (exact) mass is 447 g/mol. The molecule has 2 aromatic rings. The van der Waals surface area contributed by atoms with Gasteiger partial charge in [0.2, 0.25) is 0 Å². The summed E-state index contributed by atoms with van der Waals surface area (Å²) in [7, 11) is 0.329. The van der Waals surface area contributed by atoms with Crippen molar-refractivity contribution in [3.05, 3.63) is 58.7 Å². The molecule has 3 nitrogen and oxygen atoms in total. The average molecular weight is 448 g/mol. The highest BCUT2D eigenvalue weighted by Crippen LogP contribution is 2.42. The van der Waals surface area contributed by atoms with Gasteiger partial charge in [-0.15, -0.1) is 0 Å². The molecule has 0 atom stereocenters. The molecule has 2 aromatic carbocycles. The van der Waals surface area contributed by atoms with E-state index in [-0.39, 0.29) is 6.61 Å². The minimum atomic E-state index is -0.926. The number of esters is 1. The summed E-state index contributed by atoms with van der Waals surface area (Å²) in [5, 5.41) is 0. The van der Waals surface area contributed by atoms with Crippen LogP contribution in [0, 0.1) is 25.5 Å². The number of carbonyl (C=O) groups excluding carboxylic acids is 1. The van der Waals surface area contributed by atoms with Crippen molar-refractivity contribution in [2.24, 2.45) is 0 Å². The molecule has 0 N–H and O–H groups in total. The maximum atomic E-state index is 13.8. The molecular weight excluding hydrogens is 418 g/mol. The van der Waals surface area contributed by atoms with Gasteiger partial charge in [-0.1, -0.05) is 6.07 Å². The summed E-state index contributed by atoms with van der Waals surface area (Å²) in [6, 6.07) is 8.11. The van der Waals surface area contributed by atoms with Gasteiger partial charge in [-0.25, -0.2) is 13.6 Å². The van der Waals surface area contributed by atoms with Gasteiger partial charge in [0.25, 0.3) is 0 Å². The fourth-order valence-corrected chi connectivity index (χ4v) is 7.22. The Hall–Kier alpha value is -2.08. The van der Waals surface area contributed by atoms with E-state index in [0.29, 0.717) is 29.3 Å². The van der Waals surface area contributed by atoms with Crippen LogP contribution >= 0.6 is 0 Å². The van der Waals surface area contributed by atoms with Gasteiger partial charge in [-0.2, -0.15) is 0 Å². The van der Waals surface area contributed by atoms with Crippen molar-refractivity contribution >= 4 is 16.9 Å². The molecule has 0 amide bonds. The minimum absolute atomic E-state index is 0.210. The lowest BCUT2D eigenvalue weighted by Gasteiger charge is -2.30. The molecule has 166 valence electrons. The highest BCUT2D eigenvalue weighted by Gasteiger charge is 2.40. The van der Waals surface area contributed by atoms with E-state index in [1.807, 2.05) is 13.8 Å². The summed E-state index contributed by atoms with van der Waals surface area (Å²) >= 11 is 0. The third-order valence-corrected chi connectivity index (χ3v) is 8.76. The number of rotatable bonds is 6. The molecule has 0 spiro atoms. The molecule has 6 heteroatoms. The second-order valence-electron chi connectivity index (χ2n) is 8.59. The van der Waals surface area contributed by atoms with Crippen molar-refractivity contribution in [2.75, 3.05) is 18.1 Å². The van der Waals surface area contributed by atoms with Crippen molar-refractivity contribution in [2.45, 2.75) is 62.9 Å². The van der Waals surface area contributed by atoms with Gasteiger partial charge >= 0.3 is 5.97 Å². The molecule has 2 fully saturated rings. The summed E-state index contributed by atoms with van der Waals surface area (Å²) in [5.74, 6) is 0.920. The van der Waals surface area contributed by atoms with Gasteiger partial charge in [0.1, 0.15) is 22.9 Å². The molecule has 0 radical (unpaired) electrons. The number of carbonyl (C=O) groups is 1. The molecule has 0 aromatic heterocycles. The maximum absolute atomic E-state index is 13.8. The van der Waals surface area contributed by atoms with Crippen LogP contribution in [-0.4, -0.2) is 24.1 Å². The van der Waals surface area contributed by atoms with E-state index in [0.717, 1.165) is 41.9 Å². The third-order valence-electron chi connectivity index (χ3n) is 6.30. The Morgan fingerprint density at radius 3 is 2.23 bits per heavy atom.